The Morgan fingerprint density at radius 2 is 1.71 bits per heavy atom. The molecule has 0 aliphatic heterocycles. The lowest BCUT2D eigenvalue weighted by Gasteiger charge is -2.23. The molecule has 24 heavy (non-hydrogen) atoms. The van der Waals surface area contributed by atoms with E-state index in [4.69, 9.17) is 0 Å². The Morgan fingerprint density at radius 1 is 1.12 bits per heavy atom. The molecule has 0 aliphatic rings. The van der Waals surface area contributed by atoms with E-state index in [-0.39, 0.29) is 10.8 Å². The summed E-state index contributed by atoms with van der Waals surface area (Å²) >= 11 is 0.726. The zero-order chi connectivity index (χ0) is 17.9. The molecule has 1 N–H and O–H groups in total. The van der Waals surface area contributed by atoms with Crippen LogP contribution in [-0.4, -0.2) is 21.1 Å². The number of carboxylic acids is 1. The maximum absolute atomic E-state index is 11.6. The van der Waals surface area contributed by atoms with Gasteiger partial charge in [-0.25, -0.2) is 0 Å². The van der Waals surface area contributed by atoms with Crippen molar-refractivity contribution >= 4 is 28.5 Å². The number of nitro groups is 1. The van der Waals surface area contributed by atoms with Crippen molar-refractivity contribution in [2.45, 2.75) is 18.6 Å². The van der Waals surface area contributed by atoms with Gasteiger partial charge in [-0.1, -0.05) is 48.2 Å². The highest BCUT2D eigenvalue weighted by Gasteiger charge is 2.37. The van der Waals surface area contributed by atoms with Crippen LogP contribution in [-0.2, 0) is 14.3 Å². The van der Waals surface area contributed by atoms with E-state index in [1.165, 1.54) is 19.9 Å². The predicted molar refractivity (Wildman–Crippen MR) is 91.8 cm³/mol. The van der Waals surface area contributed by atoms with Gasteiger partial charge < -0.3 is 5.11 Å². The second-order valence-corrected chi connectivity index (χ2v) is 6.88. The number of hydrogen-bond acceptors (Lipinski definition) is 5. The Balaban J connectivity index is 2.46. The topological polar surface area (TPSA) is 97.5 Å². The first-order chi connectivity index (χ1) is 11.3. The number of carboxylic acid groups (broad SMARTS) is 1. The number of carbonyl (C=O) groups excluding carboxylic acids is 1. The summed E-state index contributed by atoms with van der Waals surface area (Å²) in [6.45, 7) is 2.77. The van der Waals surface area contributed by atoms with Crippen molar-refractivity contribution in [3.8, 4) is 11.1 Å². The Hall–Kier alpha value is -2.67. The van der Waals surface area contributed by atoms with Crippen LogP contribution in [0.1, 0.15) is 19.4 Å². The summed E-state index contributed by atoms with van der Waals surface area (Å²) in [5.74, 6) is -1.12. The van der Waals surface area contributed by atoms with Crippen molar-refractivity contribution in [2.24, 2.45) is 0 Å². The summed E-state index contributed by atoms with van der Waals surface area (Å²) in [7, 11) is 0. The van der Waals surface area contributed by atoms with Crippen LogP contribution in [0.15, 0.2) is 48.5 Å². The minimum Gasteiger partial charge on any atom is -0.480 e. The van der Waals surface area contributed by atoms with E-state index in [9.17, 15) is 24.8 Å². The predicted octanol–water partition coefficient (Wildman–Crippen LogP) is 3.84. The van der Waals surface area contributed by atoms with Crippen LogP contribution in [0.2, 0.25) is 0 Å². The summed E-state index contributed by atoms with van der Waals surface area (Å²) in [4.78, 5) is 33.6. The van der Waals surface area contributed by atoms with Gasteiger partial charge in [-0.2, -0.15) is 0 Å². The van der Waals surface area contributed by atoms with Gasteiger partial charge in [-0.3, -0.25) is 19.7 Å². The molecule has 6 nitrogen and oxygen atoms in total. The molecule has 0 saturated carbocycles. The van der Waals surface area contributed by atoms with Gasteiger partial charge in [0.25, 0.3) is 5.69 Å². The van der Waals surface area contributed by atoms with Crippen molar-refractivity contribution < 1.29 is 19.6 Å². The van der Waals surface area contributed by atoms with E-state index in [1.54, 1.807) is 42.5 Å². The number of aliphatic carboxylic acids is 1. The fraction of sp³-hybridized carbons (Fsp3) is 0.176. The number of para-hydroxylation sites is 1. The van der Waals surface area contributed by atoms with Crippen molar-refractivity contribution in [2.75, 3.05) is 0 Å². The molecule has 0 heterocycles. The molecule has 0 aliphatic carbocycles. The fourth-order valence-corrected chi connectivity index (χ4v) is 3.27. The number of carbonyl (C=O) groups is 2. The van der Waals surface area contributed by atoms with Crippen LogP contribution in [0.25, 0.3) is 11.1 Å². The molecule has 1 atom stereocenters. The molecule has 124 valence electrons. The van der Waals surface area contributed by atoms with E-state index in [1.807, 2.05) is 0 Å². The average Bonchev–Trinajstić information content (AvgIpc) is 2.54. The quantitative estimate of drug-likeness (QED) is 0.653. The number of rotatable bonds is 5. The van der Waals surface area contributed by atoms with E-state index in [0.29, 0.717) is 16.7 Å². The fourth-order valence-electron chi connectivity index (χ4n) is 2.36. The Labute approximate surface area is 142 Å². The molecular weight excluding hydrogens is 330 g/mol. The first kappa shape index (κ1) is 17.7. The highest BCUT2D eigenvalue weighted by atomic mass is 32.2. The van der Waals surface area contributed by atoms with Crippen molar-refractivity contribution in [1.82, 2.24) is 0 Å². The van der Waals surface area contributed by atoms with E-state index >= 15 is 0 Å². The van der Waals surface area contributed by atoms with Gasteiger partial charge in [0.15, 0.2) is 5.12 Å². The van der Waals surface area contributed by atoms with Crippen LogP contribution in [0.4, 0.5) is 5.69 Å². The van der Waals surface area contributed by atoms with Gasteiger partial charge in [-0.15, -0.1) is 0 Å². The number of nitrogens with zero attached hydrogens (tertiary/aromatic N) is 1. The van der Waals surface area contributed by atoms with Gasteiger partial charge in [0.2, 0.25) is 0 Å². The minimum absolute atomic E-state index is 0.0237. The molecule has 0 saturated heterocycles. The van der Waals surface area contributed by atoms with Crippen LogP contribution in [0.5, 0.6) is 0 Å². The first-order valence-electron chi connectivity index (χ1n) is 7.03. The molecule has 0 bridgehead atoms. The molecule has 0 aromatic heterocycles. The van der Waals surface area contributed by atoms with Crippen molar-refractivity contribution in [3.63, 3.8) is 0 Å². The average molecular weight is 345 g/mol. The SMILES string of the molecule is CC(=O)SC(C)(C(=O)O)c1ccc(-c2ccccc2[N+](=O)[O-])cc1. The van der Waals surface area contributed by atoms with Crippen molar-refractivity contribution in [1.29, 1.82) is 0 Å². The molecule has 2 aromatic carbocycles. The normalized spacial score (nSPS) is 13.1. The maximum atomic E-state index is 11.6. The zero-order valence-electron chi connectivity index (χ0n) is 13.1. The lowest BCUT2D eigenvalue weighted by molar-refractivity contribution is -0.384. The van der Waals surface area contributed by atoms with E-state index in [2.05, 4.69) is 0 Å². The van der Waals surface area contributed by atoms with Crippen LogP contribution >= 0.6 is 11.8 Å². The second kappa shape index (κ2) is 6.84. The molecule has 0 radical (unpaired) electrons. The molecule has 2 aromatic rings. The monoisotopic (exact) mass is 345 g/mol. The number of hydrogen-bond donors (Lipinski definition) is 1. The minimum atomic E-state index is -1.41. The lowest BCUT2D eigenvalue weighted by atomic mass is 9.96. The summed E-state index contributed by atoms with van der Waals surface area (Å²) in [5, 5.41) is 20.3. The molecule has 0 amide bonds. The smallest absolute Gasteiger partial charge is 0.324 e. The highest BCUT2D eigenvalue weighted by Crippen LogP contribution is 2.38. The summed E-state index contributed by atoms with van der Waals surface area (Å²) < 4.78 is -1.41. The number of benzene rings is 2. The third kappa shape index (κ3) is 3.46. The Kier molecular flexibility index (Phi) is 5.04. The number of thioether (sulfide) groups is 1. The lowest BCUT2D eigenvalue weighted by Crippen LogP contribution is -2.29. The molecule has 7 heteroatoms. The molecule has 1 unspecified atom stereocenters. The van der Waals surface area contributed by atoms with Gasteiger partial charge >= 0.3 is 5.97 Å². The van der Waals surface area contributed by atoms with E-state index < -0.39 is 15.6 Å². The Bertz CT molecular complexity index is 803. The van der Waals surface area contributed by atoms with Crippen LogP contribution < -0.4 is 0 Å². The summed E-state index contributed by atoms with van der Waals surface area (Å²) in [5.41, 5.74) is 1.47. The van der Waals surface area contributed by atoms with Gasteiger partial charge in [0.1, 0.15) is 4.75 Å². The van der Waals surface area contributed by atoms with Crippen LogP contribution in [0, 0.1) is 10.1 Å². The first-order valence-corrected chi connectivity index (χ1v) is 7.84. The molecular formula is C17H15NO5S. The third-order valence-electron chi connectivity index (χ3n) is 3.60. The molecule has 2 rings (SSSR count). The second-order valence-electron chi connectivity index (χ2n) is 5.28. The van der Waals surface area contributed by atoms with Crippen LogP contribution in [0.3, 0.4) is 0 Å². The van der Waals surface area contributed by atoms with Crippen molar-refractivity contribution in [3.05, 3.63) is 64.2 Å². The van der Waals surface area contributed by atoms with Gasteiger partial charge in [-0.05, 0) is 24.1 Å². The summed E-state index contributed by atoms with van der Waals surface area (Å²) in [6.07, 6.45) is 0. The molecule has 0 fully saturated rings. The Morgan fingerprint density at radius 3 is 2.21 bits per heavy atom. The largest absolute Gasteiger partial charge is 0.480 e. The summed E-state index contributed by atoms with van der Waals surface area (Å²) in [6, 6.07) is 12.7. The molecule has 0 spiro atoms. The third-order valence-corrected chi connectivity index (χ3v) is 4.71. The van der Waals surface area contributed by atoms with Gasteiger partial charge in [0.05, 0.1) is 10.5 Å². The standard InChI is InChI=1S/C17H15NO5S/c1-11(19)24-17(2,16(20)21)13-9-7-12(8-10-13)14-5-3-4-6-15(14)18(22)23/h3-10H,1-2H3,(H,20,21). The maximum Gasteiger partial charge on any atom is 0.324 e. The van der Waals surface area contributed by atoms with Gasteiger partial charge in [0, 0.05) is 13.0 Å². The highest BCUT2D eigenvalue weighted by molar-refractivity contribution is 8.14. The number of nitro benzene ring substituents is 1. The van der Waals surface area contributed by atoms with E-state index in [0.717, 1.165) is 11.8 Å². The zero-order valence-corrected chi connectivity index (χ0v) is 13.9.